The van der Waals surface area contributed by atoms with Crippen molar-refractivity contribution in [3.05, 3.63) is 52.0 Å². The standard InChI is InChI=1S/C18H22N2O4S/c1-18(2,3)16-19-13(11-25-16)14(15(21)22)20(4)17(23)24-10-12-8-6-5-7-9-12/h5-9,11,14H,10H2,1-4H3,(H,21,22). The third-order valence-electron chi connectivity index (χ3n) is 3.56. The predicted molar refractivity (Wildman–Crippen MR) is 95.6 cm³/mol. The van der Waals surface area contributed by atoms with Crippen LogP contribution in [-0.2, 0) is 21.6 Å². The van der Waals surface area contributed by atoms with E-state index >= 15 is 0 Å². The van der Waals surface area contributed by atoms with Crippen molar-refractivity contribution in [2.24, 2.45) is 0 Å². The third-order valence-corrected chi connectivity index (χ3v) is 4.84. The van der Waals surface area contributed by atoms with Gasteiger partial charge >= 0.3 is 12.1 Å². The Bertz CT molecular complexity index is 737. The summed E-state index contributed by atoms with van der Waals surface area (Å²) in [7, 11) is 1.40. The number of ether oxygens (including phenoxy) is 1. The first-order valence-electron chi connectivity index (χ1n) is 7.82. The van der Waals surface area contributed by atoms with Crippen molar-refractivity contribution in [2.75, 3.05) is 7.05 Å². The maximum absolute atomic E-state index is 12.3. The zero-order chi connectivity index (χ0) is 18.6. The fourth-order valence-corrected chi connectivity index (χ4v) is 3.10. The molecule has 1 heterocycles. The zero-order valence-corrected chi connectivity index (χ0v) is 15.5. The summed E-state index contributed by atoms with van der Waals surface area (Å²) in [4.78, 5) is 29.4. The van der Waals surface area contributed by atoms with Gasteiger partial charge in [0.25, 0.3) is 0 Å². The summed E-state index contributed by atoms with van der Waals surface area (Å²) in [5, 5.41) is 12.1. The number of amides is 1. The van der Waals surface area contributed by atoms with Gasteiger partial charge in [0.2, 0.25) is 0 Å². The number of rotatable bonds is 5. The number of carboxylic acids is 1. The molecule has 0 aliphatic rings. The van der Waals surface area contributed by atoms with Gasteiger partial charge in [0.15, 0.2) is 6.04 Å². The molecular formula is C18H22N2O4S. The number of likely N-dealkylation sites (N-methyl/N-ethyl adjacent to an activating group) is 1. The molecule has 7 heteroatoms. The van der Waals surface area contributed by atoms with Gasteiger partial charge < -0.3 is 9.84 Å². The van der Waals surface area contributed by atoms with E-state index in [1.165, 1.54) is 18.4 Å². The van der Waals surface area contributed by atoms with Gasteiger partial charge in [-0.2, -0.15) is 0 Å². The lowest BCUT2D eigenvalue weighted by molar-refractivity contribution is -0.142. The highest BCUT2D eigenvalue weighted by atomic mass is 32.1. The van der Waals surface area contributed by atoms with Crippen LogP contribution in [0.2, 0.25) is 0 Å². The lowest BCUT2D eigenvalue weighted by Gasteiger charge is -2.23. The summed E-state index contributed by atoms with van der Waals surface area (Å²) < 4.78 is 5.22. The molecule has 2 aromatic rings. The van der Waals surface area contributed by atoms with E-state index in [0.717, 1.165) is 15.5 Å². The second kappa shape index (κ2) is 7.65. The van der Waals surface area contributed by atoms with E-state index in [0.29, 0.717) is 5.69 Å². The predicted octanol–water partition coefficient (Wildman–Crippen LogP) is 3.83. The van der Waals surface area contributed by atoms with Gasteiger partial charge in [-0.25, -0.2) is 14.6 Å². The second-order valence-electron chi connectivity index (χ2n) is 6.72. The monoisotopic (exact) mass is 362 g/mol. The van der Waals surface area contributed by atoms with Crippen molar-refractivity contribution >= 4 is 23.4 Å². The molecule has 0 bridgehead atoms. The van der Waals surface area contributed by atoms with Crippen LogP contribution in [0.15, 0.2) is 35.7 Å². The second-order valence-corrected chi connectivity index (χ2v) is 7.58. The minimum atomic E-state index is -1.18. The molecule has 1 aromatic heterocycles. The summed E-state index contributed by atoms with van der Waals surface area (Å²) in [6.07, 6.45) is -0.707. The highest BCUT2D eigenvalue weighted by Gasteiger charge is 2.32. The highest BCUT2D eigenvalue weighted by Crippen LogP contribution is 2.29. The molecule has 1 amide bonds. The molecule has 2 rings (SSSR count). The average molecular weight is 362 g/mol. The van der Waals surface area contributed by atoms with Crippen LogP contribution in [0.3, 0.4) is 0 Å². The lowest BCUT2D eigenvalue weighted by Crippen LogP contribution is -2.36. The maximum atomic E-state index is 12.3. The third kappa shape index (κ3) is 4.79. The van der Waals surface area contributed by atoms with Crippen LogP contribution in [0.25, 0.3) is 0 Å². The van der Waals surface area contributed by atoms with Crippen LogP contribution >= 0.6 is 11.3 Å². The molecule has 6 nitrogen and oxygen atoms in total. The van der Waals surface area contributed by atoms with Crippen molar-refractivity contribution in [1.29, 1.82) is 0 Å². The zero-order valence-electron chi connectivity index (χ0n) is 14.7. The van der Waals surface area contributed by atoms with Gasteiger partial charge in [0, 0.05) is 17.8 Å². The van der Waals surface area contributed by atoms with Crippen LogP contribution in [0.4, 0.5) is 4.79 Å². The summed E-state index contributed by atoms with van der Waals surface area (Å²) in [6, 6.07) is 8.03. The molecule has 0 saturated heterocycles. The van der Waals surface area contributed by atoms with Crippen molar-refractivity contribution in [1.82, 2.24) is 9.88 Å². The maximum Gasteiger partial charge on any atom is 0.410 e. The highest BCUT2D eigenvalue weighted by molar-refractivity contribution is 7.09. The van der Waals surface area contributed by atoms with Crippen molar-refractivity contribution in [2.45, 2.75) is 38.8 Å². The Labute approximate surface area is 151 Å². The molecule has 0 radical (unpaired) electrons. The number of benzene rings is 1. The first-order valence-corrected chi connectivity index (χ1v) is 8.70. The van der Waals surface area contributed by atoms with Gasteiger partial charge in [0.05, 0.1) is 10.7 Å². The molecule has 0 spiro atoms. The molecule has 1 atom stereocenters. The van der Waals surface area contributed by atoms with E-state index in [1.807, 2.05) is 51.1 Å². The SMILES string of the molecule is CN(C(=O)OCc1ccccc1)C(C(=O)O)c1csc(C(C)(C)C)n1. The Morgan fingerprint density at radius 1 is 1.28 bits per heavy atom. The Morgan fingerprint density at radius 3 is 2.44 bits per heavy atom. The van der Waals surface area contributed by atoms with E-state index in [4.69, 9.17) is 4.74 Å². The Kier molecular flexibility index (Phi) is 5.79. The van der Waals surface area contributed by atoms with Crippen LogP contribution in [-0.4, -0.2) is 34.1 Å². The average Bonchev–Trinajstić information content (AvgIpc) is 3.03. The Balaban J connectivity index is 2.12. The van der Waals surface area contributed by atoms with E-state index in [-0.39, 0.29) is 12.0 Å². The molecular weight excluding hydrogens is 340 g/mol. The molecule has 1 unspecified atom stereocenters. The molecule has 0 aliphatic carbocycles. The summed E-state index contributed by atoms with van der Waals surface area (Å²) in [5.74, 6) is -1.15. The molecule has 0 saturated carbocycles. The summed E-state index contributed by atoms with van der Waals surface area (Å²) in [5.41, 5.74) is 0.986. The van der Waals surface area contributed by atoms with Crippen molar-refractivity contribution < 1.29 is 19.4 Å². The van der Waals surface area contributed by atoms with Gasteiger partial charge in [0.1, 0.15) is 6.61 Å². The quantitative estimate of drug-likeness (QED) is 0.874. The van der Waals surface area contributed by atoms with Crippen LogP contribution < -0.4 is 0 Å². The van der Waals surface area contributed by atoms with Crippen molar-refractivity contribution in [3.63, 3.8) is 0 Å². The fraction of sp³-hybridized carbons (Fsp3) is 0.389. The normalized spacial score (nSPS) is 12.5. The molecule has 25 heavy (non-hydrogen) atoms. The number of nitrogens with zero attached hydrogens (tertiary/aromatic N) is 2. The molecule has 1 N–H and O–H groups in total. The Hall–Kier alpha value is -2.41. The first-order chi connectivity index (χ1) is 11.7. The fourth-order valence-electron chi connectivity index (χ4n) is 2.17. The Morgan fingerprint density at radius 2 is 1.92 bits per heavy atom. The van der Waals surface area contributed by atoms with Crippen LogP contribution in [0.5, 0.6) is 0 Å². The number of hydrogen-bond acceptors (Lipinski definition) is 5. The van der Waals surface area contributed by atoms with Gasteiger partial charge in [-0.05, 0) is 5.56 Å². The molecule has 1 aromatic carbocycles. The number of carbonyl (C=O) groups excluding carboxylic acids is 1. The topological polar surface area (TPSA) is 79.7 Å². The van der Waals surface area contributed by atoms with E-state index in [9.17, 15) is 14.7 Å². The number of thiazole rings is 1. The van der Waals surface area contributed by atoms with E-state index in [1.54, 1.807) is 5.38 Å². The number of hydrogen-bond donors (Lipinski definition) is 1. The first kappa shape index (κ1) is 18.9. The number of carboxylic acid groups (broad SMARTS) is 1. The van der Waals surface area contributed by atoms with E-state index < -0.39 is 18.1 Å². The van der Waals surface area contributed by atoms with Crippen molar-refractivity contribution in [3.8, 4) is 0 Å². The van der Waals surface area contributed by atoms with Gasteiger partial charge in [-0.3, -0.25) is 4.90 Å². The molecule has 0 aliphatic heterocycles. The summed E-state index contributed by atoms with van der Waals surface area (Å²) >= 11 is 1.39. The number of carbonyl (C=O) groups is 2. The van der Waals surface area contributed by atoms with E-state index in [2.05, 4.69) is 4.98 Å². The summed E-state index contributed by atoms with van der Waals surface area (Å²) in [6.45, 7) is 6.09. The lowest BCUT2D eigenvalue weighted by atomic mass is 9.98. The largest absolute Gasteiger partial charge is 0.479 e. The number of aromatic nitrogens is 1. The smallest absolute Gasteiger partial charge is 0.410 e. The van der Waals surface area contributed by atoms with Crippen LogP contribution in [0, 0.1) is 0 Å². The van der Waals surface area contributed by atoms with Gasteiger partial charge in [-0.1, -0.05) is 51.1 Å². The molecule has 134 valence electrons. The van der Waals surface area contributed by atoms with Gasteiger partial charge in [-0.15, -0.1) is 11.3 Å². The van der Waals surface area contributed by atoms with Crippen LogP contribution in [0.1, 0.15) is 43.1 Å². The molecule has 0 fully saturated rings. The number of aliphatic carboxylic acids is 1. The minimum Gasteiger partial charge on any atom is -0.479 e. The minimum absolute atomic E-state index is 0.0840.